The lowest BCUT2D eigenvalue weighted by Crippen LogP contribution is -2.00. The number of fused-ring (bicyclic) bond motifs is 1. The van der Waals surface area contributed by atoms with Gasteiger partial charge in [-0.1, -0.05) is 41.9 Å². The number of ether oxygens (including phenoxy) is 1. The number of carboxylic acids is 1. The second-order valence-corrected chi connectivity index (χ2v) is 8.57. The smallest absolute Gasteiger partial charge is 0.336 e. The zero-order valence-corrected chi connectivity index (χ0v) is 19.5. The molecule has 0 fully saturated rings. The predicted octanol–water partition coefficient (Wildman–Crippen LogP) is 6.69. The van der Waals surface area contributed by atoms with Gasteiger partial charge in [-0.3, -0.25) is 5.10 Å². The molecule has 0 unspecified atom stereocenters. The van der Waals surface area contributed by atoms with Crippen LogP contribution in [0.3, 0.4) is 0 Å². The van der Waals surface area contributed by atoms with E-state index in [0.29, 0.717) is 21.9 Å². The van der Waals surface area contributed by atoms with Gasteiger partial charge >= 0.3 is 5.97 Å². The number of nitrogens with zero attached hydrogens (tertiary/aromatic N) is 2. The molecule has 0 aliphatic heterocycles. The molecule has 34 heavy (non-hydrogen) atoms. The number of hydrogen-bond acceptors (Lipinski definition) is 4. The second-order valence-electron chi connectivity index (χ2n) is 8.16. The van der Waals surface area contributed by atoms with Gasteiger partial charge in [0.1, 0.15) is 5.75 Å². The van der Waals surface area contributed by atoms with Gasteiger partial charge in [0, 0.05) is 16.8 Å². The summed E-state index contributed by atoms with van der Waals surface area (Å²) in [4.78, 5) is 19.0. The number of benzene rings is 3. The average Bonchev–Trinajstić information content (AvgIpc) is 3.35. The Morgan fingerprint density at radius 2 is 1.74 bits per heavy atom. The van der Waals surface area contributed by atoms with E-state index < -0.39 is 5.97 Å². The summed E-state index contributed by atoms with van der Waals surface area (Å²) in [5.74, 6) is -0.623. The fourth-order valence-electron chi connectivity index (χ4n) is 4.08. The lowest BCUT2D eigenvalue weighted by atomic mass is 9.99. The highest BCUT2D eigenvalue weighted by Crippen LogP contribution is 2.35. The molecule has 0 aliphatic rings. The first-order valence-corrected chi connectivity index (χ1v) is 11.0. The molecule has 170 valence electrons. The van der Waals surface area contributed by atoms with Gasteiger partial charge in [-0.05, 0) is 61.7 Å². The van der Waals surface area contributed by atoms with Crippen molar-refractivity contribution in [3.05, 3.63) is 82.1 Å². The number of aryl methyl sites for hydroxylation is 3. The molecule has 7 nitrogen and oxygen atoms in total. The molecule has 2 aromatic heterocycles. The van der Waals surface area contributed by atoms with Crippen molar-refractivity contribution in [3.8, 4) is 34.0 Å². The van der Waals surface area contributed by atoms with E-state index in [9.17, 15) is 9.90 Å². The molecule has 5 rings (SSSR count). The average molecular weight is 473 g/mol. The van der Waals surface area contributed by atoms with Crippen LogP contribution in [0, 0.1) is 20.8 Å². The van der Waals surface area contributed by atoms with E-state index in [0.717, 1.165) is 39.2 Å². The van der Waals surface area contributed by atoms with Crippen LogP contribution in [0.1, 0.15) is 27.3 Å². The number of aromatic nitrogens is 4. The highest BCUT2D eigenvalue weighted by atomic mass is 35.5. The number of rotatable bonds is 5. The molecule has 0 aliphatic carbocycles. The van der Waals surface area contributed by atoms with E-state index in [4.69, 9.17) is 16.3 Å². The third-order valence-corrected chi connectivity index (χ3v) is 6.13. The highest BCUT2D eigenvalue weighted by Gasteiger charge is 2.14. The molecule has 0 amide bonds. The van der Waals surface area contributed by atoms with Crippen molar-refractivity contribution in [1.82, 2.24) is 20.2 Å². The van der Waals surface area contributed by atoms with Gasteiger partial charge in [0.05, 0.1) is 27.3 Å². The van der Waals surface area contributed by atoms with Crippen molar-refractivity contribution in [2.24, 2.45) is 0 Å². The SMILES string of the molecule is Cc1ccc(Oc2nc3cc(-c4ccc(-c5c(C)n[nH]c5C)cc4)c(Cl)cc3[nH]2)cc1C(=O)O. The quantitative estimate of drug-likeness (QED) is 0.264. The van der Waals surface area contributed by atoms with Crippen LogP contribution in [0.4, 0.5) is 0 Å². The van der Waals surface area contributed by atoms with E-state index >= 15 is 0 Å². The molecule has 0 saturated heterocycles. The zero-order chi connectivity index (χ0) is 24.0. The molecule has 3 aromatic carbocycles. The Morgan fingerprint density at radius 1 is 1.00 bits per heavy atom. The van der Waals surface area contributed by atoms with Crippen molar-refractivity contribution < 1.29 is 14.6 Å². The number of carbonyl (C=O) groups is 1. The third kappa shape index (κ3) is 3.91. The number of halogens is 1. The van der Waals surface area contributed by atoms with Gasteiger partial charge < -0.3 is 14.8 Å². The summed E-state index contributed by atoms with van der Waals surface area (Å²) in [7, 11) is 0. The molecular formula is C26H21ClN4O3. The number of hydrogen-bond donors (Lipinski definition) is 3. The largest absolute Gasteiger partial charge is 0.478 e. The standard InChI is InChI=1S/C26H21ClN4O3/c1-13-4-9-18(10-19(13)25(32)33)34-26-28-22-11-20(21(27)12-23(22)29-26)16-5-7-17(8-6-16)24-14(2)30-31-15(24)3/h4-12H,1-3H3,(H,28,29)(H,30,31)(H,32,33). The maximum absolute atomic E-state index is 11.4. The van der Waals surface area contributed by atoms with Crippen LogP contribution in [0.15, 0.2) is 54.6 Å². The summed E-state index contributed by atoms with van der Waals surface area (Å²) in [6.45, 7) is 5.72. The van der Waals surface area contributed by atoms with Crippen LogP contribution in [0.2, 0.25) is 5.02 Å². The molecular weight excluding hydrogens is 452 g/mol. The summed E-state index contributed by atoms with van der Waals surface area (Å²) in [5, 5.41) is 17.2. The van der Waals surface area contributed by atoms with Gasteiger partial charge in [-0.25, -0.2) is 4.79 Å². The Labute approximate surface area is 200 Å². The first kappa shape index (κ1) is 21.7. The predicted molar refractivity (Wildman–Crippen MR) is 132 cm³/mol. The molecule has 3 N–H and O–H groups in total. The lowest BCUT2D eigenvalue weighted by molar-refractivity contribution is 0.0695. The van der Waals surface area contributed by atoms with Crippen molar-refractivity contribution in [1.29, 1.82) is 0 Å². The zero-order valence-electron chi connectivity index (χ0n) is 18.7. The van der Waals surface area contributed by atoms with Crippen LogP contribution >= 0.6 is 11.6 Å². The fourth-order valence-corrected chi connectivity index (χ4v) is 4.35. The van der Waals surface area contributed by atoms with E-state index in [1.165, 1.54) is 6.07 Å². The monoisotopic (exact) mass is 472 g/mol. The number of imidazole rings is 1. The number of H-pyrrole nitrogens is 2. The summed E-state index contributed by atoms with van der Waals surface area (Å²) in [6, 6.07) is 17.0. The first-order valence-electron chi connectivity index (χ1n) is 10.6. The Hall–Kier alpha value is -4.10. The Balaban J connectivity index is 1.46. The molecule has 0 atom stereocenters. The first-order chi connectivity index (χ1) is 16.3. The minimum atomic E-state index is -1.01. The molecule has 0 spiro atoms. The maximum atomic E-state index is 11.4. The van der Waals surface area contributed by atoms with Crippen molar-refractivity contribution in [2.45, 2.75) is 20.8 Å². The normalized spacial score (nSPS) is 11.2. The highest BCUT2D eigenvalue weighted by molar-refractivity contribution is 6.34. The maximum Gasteiger partial charge on any atom is 0.336 e. The number of aromatic carboxylic acids is 1. The summed E-state index contributed by atoms with van der Waals surface area (Å²) in [6.07, 6.45) is 0. The number of nitrogens with one attached hydrogen (secondary N) is 2. The van der Waals surface area contributed by atoms with Gasteiger partial charge in [-0.2, -0.15) is 10.1 Å². The van der Waals surface area contributed by atoms with Crippen LogP contribution in [0.25, 0.3) is 33.3 Å². The lowest BCUT2D eigenvalue weighted by Gasteiger charge is -2.07. The van der Waals surface area contributed by atoms with E-state index in [1.54, 1.807) is 19.1 Å². The Morgan fingerprint density at radius 3 is 2.41 bits per heavy atom. The van der Waals surface area contributed by atoms with Crippen molar-refractivity contribution in [3.63, 3.8) is 0 Å². The van der Waals surface area contributed by atoms with Gasteiger partial charge in [-0.15, -0.1) is 0 Å². The van der Waals surface area contributed by atoms with Crippen molar-refractivity contribution in [2.75, 3.05) is 0 Å². The molecule has 8 heteroatoms. The summed E-state index contributed by atoms with van der Waals surface area (Å²) < 4.78 is 5.79. The number of carboxylic acid groups (broad SMARTS) is 1. The minimum Gasteiger partial charge on any atom is -0.478 e. The third-order valence-electron chi connectivity index (χ3n) is 5.82. The van der Waals surface area contributed by atoms with Gasteiger partial charge in [0.25, 0.3) is 6.01 Å². The van der Waals surface area contributed by atoms with E-state index in [1.807, 2.05) is 38.1 Å². The van der Waals surface area contributed by atoms with Crippen molar-refractivity contribution >= 4 is 28.6 Å². The molecule has 0 bridgehead atoms. The van der Waals surface area contributed by atoms with Gasteiger partial charge in [0.15, 0.2) is 0 Å². The molecule has 2 heterocycles. The minimum absolute atomic E-state index is 0.184. The van der Waals surface area contributed by atoms with Gasteiger partial charge in [0.2, 0.25) is 0 Å². The second kappa shape index (κ2) is 8.35. The molecule has 5 aromatic rings. The van der Waals surface area contributed by atoms with E-state index in [2.05, 4.69) is 32.3 Å². The van der Waals surface area contributed by atoms with Crippen LogP contribution in [-0.4, -0.2) is 31.2 Å². The molecule has 0 radical (unpaired) electrons. The summed E-state index contributed by atoms with van der Waals surface area (Å²) in [5.41, 5.74) is 8.22. The van der Waals surface area contributed by atoms with E-state index in [-0.39, 0.29) is 11.6 Å². The number of aromatic amines is 2. The fraction of sp³-hybridized carbons (Fsp3) is 0.115. The topological polar surface area (TPSA) is 104 Å². The Kier molecular flexibility index (Phi) is 5.34. The summed E-state index contributed by atoms with van der Waals surface area (Å²) >= 11 is 6.60. The van der Waals surface area contributed by atoms with Crippen LogP contribution in [0.5, 0.6) is 11.8 Å². The van der Waals surface area contributed by atoms with Crippen LogP contribution < -0.4 is 4.74 Å². The Bertz CT molecular complexity index is 1530. The molecule has 0 saturated carbocycles. The van der Waals surface area contributed by atoms with Crippen LogP contribution in [-0.2, 0) is 0 Å².